The summed E-state index contributed by atoms with van der Waals surface area (Å²) >= 11 is 26.9. The van der Waals surface area contributed by atoms with Gasteiger partial charge in [0.05, 0.1) is 56.8 Å². The van der Waals surface area contributed by atoms with Crippen molar-refractivity contribution in [2.75, 3.05) is 45.9 Å². The lowest BCUT2D eigenvalue weighted by Gasteiger charge is -2.36. The Morgan fingerprint density at radius 3 is 1.99 bits per heavy atom. The minimum absolute atomic E-state index is 0.0239. The molecule has 14 atom stereocenters. The largest absolute Gasteiger partial charge is 0.780 e. The first-order chi connectivity index (χ1) is 35.6. The van der Waals surface area contributed by atoms with Crippen molar-refractivity contribution < 1.29 is 74.6 Å². The van der Waals surface area contributed by atoms with E-state index in [0.29, 0.717) is 0 Å². The number of nitrogens with zero attached hydrogens (tertiary/aromatic N) is 5. The van der Waals surface area contributed by atoms with Crippen LogP contribution in [0.2, 0.25) is 0 Å². The molecule has 0 aliphatic carbocycles. The molecule has 3 aliphatic heterocycles. The molecule has 424 valence electrons. The van der Waals surface area contributed by atoms with Crippen LogP contribution in [0.5, 0.6) is 0 Å². The van der Waals surface area contributed by atoms with Gasteiger partial charge in [0, 0.05) is 50.1 Å². The molecule has 0 bridgehead atoms. The summed E-state index contributed by atoms with van der Waals surface area (Å²) in [6.07, 6.45) is -9.83. The van der Waals surface area contributed by atoms with E-state index >= 15 is 0 Å². The van der Waals surface area contributed by atoms with E-state index in [1.165, 1.54) is 44.2 Å². The Morgan fingerprint density at radius 2 is 1.37 bits per heavy atom. The molecular formula is C37H51N9O21P4S5-4. The van der Waals surface area contributed by atoms with Crippen LogP contribution in [0.15, 0.2) is 42.7 Å². The number of nitrogen functional groups attached to an aromatic ring is 1. The number of aromatic amines is 3. The highest BCUT2D eigenvalue weighted by Gasteiger charge is 2.49. The number of ether oxygens (including phenoxy) is 4. The number of methoxy groups -OCH3 is 1. The number of aromatic nitrogens is 8. The van der Waals surface area contributed by atoms with Crippen molar-refractivity contribution in [3.8, 4) is 0 Å². The van der Waals surface area contributed by atoms with Gasteiger partial charge in [-0.05, 0) is 34.1 Å². The van der Waals surface area contributed by atoms with Crippen molar-refractivity contribution in [1.82, 2.24) is 38.6 Å². The lowest BCUT2D eigenvalue weighted by molar-refractivity contribution is -0.215. The summed E-state index contributed by atoms with van der Waals surface area (Å²) in [7, 11) is 1.24. The van der Waals surface area contributed by atoms with E-state index in [9.17, 15) is 43.4 Å². The maximum atomic E-state index is 14.2. The topological polar surface area (TPSA) is 393 Å². The number of aryl methyl sites for hydroxylation is 2. The summed E-state index contributed by atoms with van der Waals surface area (Å²) in [5.74, 6) is -0.223. The molecule has 5 unspecified atom stereocenters. The smallest absolute Gasteiger partial charge is 0.330 e. The fraction of sp³-hybridized carbons (Fsp3) is 0.649. The Morgan fingerprint density at radius 1 is 0.789 bits per heavy atom. The molecule has 7 heterocycles. The van der Waals surface area contributed by atoms with Gasteiger partial charge in [0.15, 0.2) is 24.2 Å². The van der Waals surface area contributed by atoms with Crippen LogP contribution in [0.3, 0.4) is 0 Å². The minimum Gasteiger partial charge on any atom is -0.780 e. The number of imidazole rings is 1. The van der Waals surface area contributed by atoms with E-state index in [1.54, 1.807) is 13.8 Å². The van der Waals surface area contributed by atoms with Crippen molar-refractivity contribution in [3.63, 3.8) is 0 Å². The molecule has 3 fully saturated rings. The molecule has 0 amide bonds. The molecule has 6 N–H and O–H groups in total. The Labute approximate surface area is 456 Å². The maximum Gasteiger partial charge on any atom is 0.330 e. The van der Waals surface area contributed by atoms with E-state index < -0.39 is 141 Å². The number of fused-ring (bicyclic) bond motifs is 1. The second-order valence-electron chi connectivity index (χ2n) is 17.3. The van der Waals surface area contributed by atoms with E-state index in [-0.39, 0.29) is 60.7 Å². The number of aliphatic hydroxyl groups is 1. The van der Waals surface area contributed by atoms with Gasteiger partial charge in [0.2, 0.25) is 5.95 Å². The Bertz CT molecular complexity index is 3250. The standard InChI is InChI=1S/C37H55N9O21P4S5/c1-17(2)64-69(54,73)58-13-22-20(9-26(62-22)46-16-39-27-30(46)40-35(38)41-33(27)50)65-70(55,74)59-14-23-21(10-25(61-23)44-11-18(3)31(48)42-36(44)51)66-71(75,76)60-15-24-28(67-68(53,72)57-8-6-7-47)29(56-5)34(63-24)45-12-19(4)32(49)43-37(45)52/h11-12,16-17,20-26,28-29,34,47H,6-10,13-15H2,1-5H3,(H,53,72)(H,54,73)(H,55,74)(H,75,76)(H,42,48,51)(H,43,49,52)(H3,38,40,41,50)/p-4/t20-,21-,22-,23-,24-,25-,26-,28+,29?,34-,68?,69?,70?/m1/s1. The van der Waals surface area contributed by atoms with Gasteiger partial charge in [0.25, 0.3) is 16.7 Å². The van der Waals surface area contributed by atoms with Crippen LogP contribution >= 0.6 is 25.9 Å². The van der Waals surface area contributed by atoms with E-state index in [1.807, 2.05) is 0 Å². The second-order valence-corrected chi connectivity index (χ2v) is 30.4. The van der Waals surface area contributed by atoms with Gasteiger partial charge in [-0.15, -0.1) is 0 Å². The molecule has 7 rings (SSSR count). The van der Waals surface area contributed by atoms with Crippen LogP contribution in [0.25, 0.3) is 11.2 Å². The zero-order valence-electron chi connectivity index (χ0n) is 40.5. The third kappa shape index (κ3) is 15.4. The molecule has 4 aromatic rings. The number of aliphatic hydroxyl groups excluding tert-OH is 1. The van der Waals surface area contributed by atoms with E-state index in [2.05, 4.69) is 24.9 Å². The van der Waals surface area contributed by atoms with Crippen LogP contribution in [-0.4, -0.2) is 133 Å². The zero-order valence-corrected chi connectivity index (χ0v) is 48.2. The maximum absolute atomic E-state index is 14.2. The van der Waals surface area contributed by atoms with Crippen molar-refractivity contribution >= 4 is 103 Å². The average Bonchev–Trinajstić information content (AvgIpc) is 4.11. The summed E-state index contributed by atoms with van der Waals surface area (Å²) in [6, 6.07) is 0. The van der Waals surface area contributed by atoms with Gasteiger partial charge < -0.3 is 100 Å². The summed E-state index contributed by atoms with van der Waals surface area (Å²) in [5.41, 5.74) is -1.68. The number of hydrogen-bond acceptors (Lipinski definition) is 29. The quantitative estimate of drug-likeness (QED) is 0.0318. The van der Waals surface area contributed by atoms with Crippen LogP contribution in [0.4, 0.5) is 5.95 Å². The van der Waals surface area contributed by atoms with Gasteiger partial charge >= 0.3 is 11.4 Å². The van der Waals surface area contributed by atoms with Crippen LogP contribution in [0.1, 0.15) is 62.9 Å². The zero-order chi connectivity index (χ0) is 55.7. The fourth-order valence-electron chi connectivity index (χ4n) is 8.03. The van der Waals surface area contributed by atoms with E-state index in [0.717, 1.165) is 9.13 Å². The number of H-pyrrole nitrogens is 3. The highest BCUT2D eigenvalue weighted by Crippen LogP contribution is 2.55. The first-order valence-corrected chi connectivity index (χ1v) is 33.9. The van der Waals surface area contributed by atoms with Gasteiger partial charge in [-0.2, -0.15) is 4.98 Å². The predicted octanol–water partition coefficient (Wildman–Crippen LogP) is -0.468. The SMILES string of the molecule is COC1[C@@H](OP([O-])(=S)OCCCO)[C@@H](COP(=S)([S-])O[C@@H]2C[C@H](n3cc(C)c(=O)[nH]c3=O)O[C@@H]2COP(=O)([S-])O[C@@H]2C[C@H](n3cnc4c(=O)[nH]c(N)nc43)O[C@@H]2COP([O-])(=S)OC(C)C)O[C@H]1n1cc(C)c(=O)[nH]c1=O. The first-order valence-electron chi connectivity index (χ1n) is 22.6. The van der Waals surface area contributed by atoms with Crippen LogP contribution < -0.4 is 43.6 Å². The minimum atomic E-state index is -4.65. The molecule has 3 saturated heterocycles. The molecular weight excluding hydrogens is 1190 g/mol. The summed E-state index contributed by atoms with van der Waals surface area (Å²) < 4.78 is 87.5. The summed E-state index contributed by atoms with van der Waals surface area (Å²) in [5, 5.41) is 9.23. The van der Waals surface area contributed by atoms with Gasteiger partial charge in [-0.3, -0.25) is 47.6 Å². The number of nitrogens with two attached hydrogens (primary N) is 1. The van der Waals surface area contributed by atoms with Gasteiger partial charge in [-0.25, -0.2) is 14.6 Å². The monoisotopic (exact) mass is 1240 g/mol. The number of nitrogens with one attached hydrogen (secondary N) is 3. The molecule has 0 aromatic carbocycles. The molecule has 3 aliphatic rings. The first kappa shape index (κ1) is 61.4. The average molecular weight is 1240 g/mol. The number of hydrogen-bond donors (Lipinski definition) is 5. The van der Waals surface area contributed by atoms with Crippen LogP contribution in [-0.2, 0) is 120 Å². The normalized spacial score (nSPS) is 28.1. The molecule has 0 radical (unpaired) electrons. The van der Waals surface area contributed by atoms with Crippen molar-refractivity contribution in [2.45, 2.75) is 114 Å². The highest BCUT2D eigenvalue weighted by molar-refractivity contribution is 8.51. The highest BCUT2D eigenvalue weighted by atomic mass is 32.9. The molecule has 30 nitrogen and oxygen atoms in total. The van der Waals surface area contributed by atoms with Crippen molar-refractivity contribution in [2.24, 2.45) is 0 Å². The summed E-state index contributed by atoms with van der Waals surface area (Å²) in [4.78, 5) is 105. The van der Waals surface area contributed by atoms with Crippen molar-refractivity contribution in [3.05, 3.63) is 81.9 Å². The second kappa shape index (κ2) is 25.3. The van der Waals surface area contributed by atoms with Crippen LogP contribution in [0, 0.1) is 13.8 Å². The molecule has 76 heavy (non-hydrogen) atoms. The van der Waals surface area contributed by atoms with Gasteiger partial charge in [0.1, 0.15) is 56.4 Å². The number of rotatable bonds is 25. The third-order valence-corrected chi connectivity index (χ3v) is 18.4. The molecule has 0 saturated carbocycles. The predicted molar refractivity (Wildman–Crippen MR) is 278 cm³/mol. The Hall–Kier alpha value is -2.21. The van der Waals surface area contributed by atoms with E-state index in [4.69, 9.17) is 121 Å². The molecule has 4 aromatic heterocycles. The molecule has 39 heteroatoms. The Balaban J connectivity index is 1.11. The third-order valence-electron chi connectivity index (χ3n) is 11.4. The Kier molecular flexibility index (Phi) is 20.4. The van der Waals surface area contributed by atoms with Gasteiger partial charge in [-0.1, -0.05) is 35.4 Å². The lowest BCUT2D eigenvalue weighted by atomic mass is 10.1. The lowest BCUT2D eigenvalue weighted by Crippen LogP contribution is -2.41. The molecule has 0 spiro atoms. The summed E-state index contributed by atoms with van der Waals surface area (Å²) in [6.45, 7) is -9.41. The number of anilines is 1. The fourth-order valence-corrected chi connectivity index (χ4v) is 14.6. The van der Waals surface area contributed by atoms with Crippen molar-refractivity contribution in [1.29, 1.82) is 0 Å².